The van der Waals surface area contributed by atoms with E-state index >= 15 is 0 Å². The van der Waals surface area contributed by atoms with Crippen molar-refractivity contribution in [1.29, 1.82) is 0 Å². The van der Waals surface area contributed by atoms with Crippen LogP contribution in [0.25, 0.3) is 0 Å². The fraction of sp³-hybridized carbons (Fsp3) is 0.308. The Kier molecular flexibility index (Phi) is 2.95. The zero-order valence-electron chi connectivity index (χ0n) is 9.55. The van der Waals surface area contributed by atoms with Crippen molar-refractivity contribution in [3.8, 4) is 0 Å². The second-order valence-corrected chi connectivity index (χ2v) is 5.44. The van der Waals surface area contributed by atoms with Gasteiger partial charge in [0.05, 0.1) is 18.2 Å². The Hall–Kier alpha value is -1.20. The minimum atomic E-state index is -0.981. The van der Waals surface area contributed by atoms with Gasteiger partial charge in [-0.15, -0.1) is 0 Å². The first kappa shape index (κ1) is 11.9. The summed E-state index contributed by atoms with van der Waals surface area (Å²) in [5, 5.41) is 10.3. The first-order valence-electron chi connectivity index (χ1n) is 5.81. The molecule has 5 heteroatoms. The van der Waals surface area contributed by atoms with Crippen LogP contribution < -0.4 is 0 Å². The fourth-order valence-electron chi connectivity index (χ4n) is 2.07. The first-order chi connectivity index (χ1) is 8.66. The van der Waals surface area contributed by atoms with Gasteiger partial charge in [0, 0.05) is 16.1 Å². The average Bonchev–Trinajstić information content (AvgIpc) is 3.09. The molecule has 1 aromatic heterocycles. The third-order valence-electron chi connectivity index (χ3n) is 3.17. The number of nitrogens with zero attached hydrogens (tertiary/aromatic N) is 2. The lowest BCUT2D eigenvalue weighted by Gasteiger charge is -2.14. The van der Waals surface area contributed by atoms with Gasteiger partial charge in [0.2, 0.25) is 0 Å². The molecule has 94 valence electrons. The van der Waals surface area contributed by atoms with E-state index < -0.39 is 11.9 Å². The zero-order chi connectivity index (χ0) is 12.7. The van der Waals surface area contributed by atoms with Crippen LogP contribution in [0.4, 0.5) is 4.39 Å². The molecule has 1 aliphatic rings. The number of aliphatic hydroxyl groups is 1. The van der Waals surface area contributed by atoms with Gasteiger partial charge >= 0.3 is 0 Å². The van der Waals surface area contributed by atoms with Crippen molar-refractivity contribution in [2.24, 2.45) is 0 Å². The van der Waals surface area contributed by atoms with E-state index in [1.54, 1.807) is 24.7 Å². The van der Waals surface area contributed by atoms with Crippen LogP contribution in [0.3, 0.4) is 0 Å². The first-order valence-corrected chi connectivity index (χ1v) is 6.61. The number of hydrogen-bond donors (Lipinski definition) is 1. The fourth-order valence-corrected chi connectivity index (χ4v) is 2.45. The van der Waals surface area contributed by atoms with E-state index in [2.05, 4.69) is 20.9 Å². The number of aromatic nitrogens is 2. The Morgan fingerprint density at radius 3 is 2.94 bits per heavy atom. The number of benzene rings is 1. The highest BCUT2D eigenvalue weighted by Gasteiger charge is 2.28. The van der Waals surface area contributed by atoms with E-state index in [1.165, 1.54) is 6.07 Å². The lowest BCUT2D eigenvalue weighted by molar-refractivity contribution is 0.204. The van der Waals surface area contributed by atoms with Crippen LogP contribution in [-0.4, -0.2) is 14.7 Å². The van der Waals surface area contributed by atoms with Crippen molar-refractivity contribution in [3.63, 3.8) is 0 Å². The lowest BCUT2D eigenvalue weighted by atomic mass is 10.1. The molecule has 0 amide bonds. The summed E-state index contributed by atoms with van der Waals surface area (Å²) in [6.45, 7) is 0. The maximum atomic E-state index is 13.7. The number of rotatable bonds is 3. The van der Waals surface area contributed by atoms with Crippen molar-refractivity contribution in [3.05, 3.63) is 52.3 Å². The smallest absolute Gasteiger partial charge is 0.129 e. The van der Waals surface area contributed by atoms with Crippen molar-refractivity contribution in [1.82, 2.24) is 9.55 Å². The van der Waals surface area contributed by atoms with Gasteiger partial charge in [0.25, 0.3) is 0 Å². The monoisotopic (exact) mass is 310 g/mol. The summed E-state index contributed by atoms with van der Waals surface area (Å²) in [6.07, 6.45) is 4.51. The molecular formula is C13H12BrFN2O. The molecule has 0 saturated heterocycles. The normalized spacial score (nSPS) is 16.8. The van der Waals surface area contributed by atoms with Crippen LogP contribution in [-0.2, 0) is 0 Å². The van der Waals surface area contributed by atoms with Crippen molar-refractivity contribution in [2.45, 2.75) is 25.0 Å². The number of imidazole rings is 1. The van der Waals surface area contributed by atoms with E-state index in [-0.39, 0.29) is 5.56 Å². The van der Waals surface area contributed by atoms with E-state index in [0.717, 1.165) is 17.3 Å². The molecule has 1 aromatic carbocycles. The molecule has 18 heavy (non-hydrogen) atoms. The van der Waals surface area contributed by atoms with Crippen LogP contribution >= 0.6 is 15.9 Å². The number of hydrogen-bond acceptors (Lipinski definition) is 2. The lowest BCUT2D eigenvalue weighted by Crippen LogP contribution is -2.08. The minimum Gasteiger partial charge on any atom is -0.382 e. The van der Waals surface area contributed by atoms with E-state index in [1.807, 2.05) is 4.57 Å². The van der Waals surface area contributed by atoms with E-state index in [4.69, 9.17) is 0 Å². The molecule has 0 aliphatic heterocycles. The summed E-state index contributed by atoms with van der Waals surface area (Å²) in [5.74, 6) is -0.408. The molecule has 1 atom stereocenters. The third kappa shape index (κ3) is 2.08. The van der Waals surface area contributed by atoms with E-state index in [9.17, 15) is 9.50 Å². The molecule has 1 heterocycles. The average molecular weight is 311 g/mol. The van der Waals surface area contributed by atoms with Gasteiger partial charge in [-0.05, 0) is 31.0 Å². The van der Waals surface area contributed by atoms with Crippen LogP contribution in [0.5, 0.6) is 0 Å². The Bertz CT molecular complexity index is 580. The highest BCUT2D eigenvalue weighted by molar-refractivity contribution is 9.10. The van der Waals surface area contributed by atoms with E-state index in [0.29, 0.717) is 11.7 Å². The van der Waals surface area contributed by atoms with Crippen LogP contribution in [0.2, 0.25) is 0 Å². The van der Waals surface area contributed by atoms with Gasteiger partial charge in [0.1, 0.15) is 11.9 Å². The Labute approximate surface area is 112 Å². The predicted molar refractivity (Wildman–Crippen MR) is 68.7 cm³/mol. The van der Waals surface area contributed by atoms with Crippen molar-refractivity contribution >= 4 is 15.9 Å². The topological polar surface area (TPSA) is 38.1 Å². The van der Waals surface area contributed by atoms with Gasteiger partial charge < -0.3 is 9.67 Å². The molecule has 0 spiro atoms. The maximum absolute atomic E-state index is 13.7. The third-order valence-corrected chi connectivity index (χ3v) is 3.66. The van der Waals surface area contributed by atoms with Gasteiger partial charge in [-0.25, -0.2) is 9.37 Å². The molecule has 1 N–H and O–H groups in total. The maximum Gasteiger partial charge on any atom is 0.129 e. The standard InChI is InChI=1S/C13H12BrFN2O/c14-8-1-4-11(15)10(5-8)13(18)12-6-16-7-17(12)9-2-3-9/h1,4-7,9,13,18H,2-3H2. The van der Waals surface area contributed by atoms with Crippen molar-refractivity contribution < 1.29 is 9.50 Å². The molecule has 3 rings (SSSR count). The molecule has 0 radical (unpaired) electrons. The number of halogens is 2. The Balaban J connectivity index is 2.00. The van der Waals surface area contributed by atoms with Gasteiger partial charge in [-0.1, -0.05) is 15.9 Å². The molecular weight excluding hydrogens is 299 g/mol. The Morgan fingerprint density at radius 2 is 2.22 bits per heavy atom. The zero-order valence-corrected chi connectivity index (χ0v) is 11.1. The molecule has 1 aliphatic carbocycles. The molecule has 1 fully saturated rings. The highest BCUT2D eigenvalue weighted by Crippen LogP contribution is 2.38. The second kappa shape index (κ2) is 4.48. The van der Waals surface area contributed by atoms with Crippen LogP contribution in [0.1, 0.15) is 36.2 Å². The summed E-state index contributed by atoms with van der Waals surface area (Å²) in [6, 6.07) is 4.97. The molecule has 1 saturated carbocycles. The quantitative estimate of drug-likeness (QED) is 0.945. The van der Waals surface area contributed by atoms with Crippen LogP contribution in [0, 0.1) is 5.82 Å². The molecule has 1 unspecified atom stereocenters. The SMILES string of the molecule is OC(c1cc(Br)ccc1F)c1cncn1C1CC1. The van der Waals surface area contributed by atoms with Gasteiger partial charge in [-0.3, -0.25) is 0 Å². The number of aliphatic hydroxyl groups excluding tert-OH is 1. The summed E-state index contributed by atoms with van der Waals surface area (Å²) >= 11 is 3.29. The molecule has 2 aromatic rings. The predicted octanol–water partition coefficient (Wildman–Crippen LogP) is 3.20. The summed E-state index contributed by atoms with van der Waals surface area (Å²) < 4.78 is 16.4. The van der Waals surface area contributed by atoms with Crippen LogP contribution in [0.15, 0.2) is 35.2 Å². The largest absolute Gasteiger partial charge is 0.382 e. The highest BCUT2D eigenvalue weighted by atomic mass is 79.9. The van der Waals surface area contributed by atoms with Gasteiger partial charge in [0.15, 0.2) is 0 Å². The molecule has 0 bridgehead atoms. The van der Waals surface area contributed by atoms with Crippen molar-refractivity contribution in [2.75, 3.05) is 0 Å². The minimum absolute atomic E-state index is 0.270. The van der Waals surface area contributed by atoms with Gasteiger partial charge in [-0.2, -0.15) is 0 Å². The summed E-state index contributed by atoms with van der Waals surface area (Å²) in [5.41, 5.74) is 0.918. The summed E-state index contributed by atoms with van der Waals surface area (Å²) in [4.78, 5) is 4.05. The Morgan fingerprint density at radius 1 is 1.44 bits per heavy atom. The molecule has 3 nitrogen and oxygen atoms in total. The summed E-state index contributed by atoms with van der Waals surface area (Å²) in [7, 11) is 0. The second-order valence-electron chi connectivity index (χ2n) is 4.53.